The van der Waals surface area contributed by atoms with Crippen LogP contribution in [0.3, 0.4) is 0 Å². The van der Waals surface area contributed by atoms with Gasteiger partial charge >= 0.3 is 6.36 Å². The summed E-state index contributed by atoms with van der Waals surface area (Å²) in [7, 11) is 0. The van der Waals surface area contributed by atoms with E-state index in [2.05, 4.69) is 4.74 Å². The van der Waals surface area contributed by atoms with Crippen molar-refractivity contribution in [3.63, 3.8) is 0 Å². The molecule has 0 spiro atoms. The molecule has 1 rings (SSSR count). The maximum absolute atomic E-state index is 11.9. The molecule has 0 unspecified atom stereocenters. The van der Waals surface area contributed by atoms with Gasteiger partial charge in [0.1, 0.15) is 11.5 Å². The van der Waals surface area contributed by atoms with Gasteiger partial charge in [-0.3, -0.25) is 0 Å². The van der Waals surface area contributed by atoms with E-state index in [1.807, 2.05) is 0 Å². The lowest BCUT2D eigenvalue weighted by atomic mass is 10.3. The lowest BCUT2D eigenvalue weighted by molar-refractivity contribution is -0.274. The van der Waals surface area contributed by atoms with Crippen LogP contribution in [-0.4, -0.2) is 13.0 Å². The van der Waals surface area contributed by atoms with Crippen molar-refractivity contribution >= 4 is 22.6 Å². The lowest BCUT2D eigenvalue weighted by Gasteiger charge is -2.11. The Bertz CT molecular complexity index is 339. The number of ether oxygens (including phenoxy) is 2. The smallest absolute Gasteiger partial charge is 0.494 e. The fourth-order valence-electron chi connectivity index (χ4n) is 0.945. The molecule has 1 aromatic rings. The fourth-order valence-corrected chi connectivity index (χ4v) is 1.54. The molecule has 0 amide bonds. The topological polar surface area (TPSA) is 18.5 Å². The highest BCUT2D eigenvalue weighted by Gasteiger charge is 2.31. The van der Waals surface area contributed by atoms with Crippen molar-refractivity contribution in [2.24, 2.45) is 0 Å². The van der Waals surface area contributed by atoms with Crippen LogP contribution in [0.2, 0.25) is 0 Å². The predicted molar refractivity (Wildman–Crippen MR) is 57.0 cm³/mol. The number of hydrogen-bond acceptors (Lipinski definition) is 2. The average Bonchev–Trinajstić information content (AvgIpc) is 2.08. The zero-order valence-corrected chi connectivity index (χ0v) is 9.93. The van der Waals surface area contributed by atoms with Gasteiger partial charge in [-0.2, -0.15) is 0 Å². The molecular weight excluding hydrogens is 324 g/mol. The molecule has 1 aromatic carbocycles. The molecule has 0 atom stereocenters. The second-order valence-electron chi connectivity index (χ2n) is 2.57. The molecule has 0 bridgehead atoms. The maximum Gasteiger partial charge on any atom is 0.573 e. The van der Waals surface area contributed by atoms with Gasteiger partial charge in [-0.25, -0.2) is 0 Å². The first-order chi connectivity index (χ1) is 6.92. The molecular formula is C9H8F3IO2. The number of benzene rings is 1. The zero-order chi connectivity index (χ0) is 11.5. The van der Waals surface area contributed by atoms with Crippen LogP contribution in [0, 0.1) is 3.57 Å². The first kappa shape index (κ1) is 12.4. The van der Waals surface area contributed by atoms with Crippen LogP contribution < -0.4 is 9.47 Å². The van der Waals surface area contributed by atoms with E-state index in [-0.39, 0.29) is 5.75 Å². The van der Waals surface area contributed by atoms with Crippen LogP contribution in [0.25, 0.3) is 0 Å². The van der Waals surface area contributed by atoms with Gasteiger partial charge in [0.05, 0.1) is 10.2 Å². The molecule has 0 N–H and O–H groups in total. The van der Waals surface area contributed by atoms with Gasteiger partial charge in [0, 0.05) is 0 Å². The van der Waals surface area contributed by atoms with Crippen molar-refractivity contribution in [1.82, 2.24) is 0 Å². The predicted octanol–water partition coefficient (Wildman–Crippen LogP) is 3.59. The summed E-state index contributed by atoms with van der Waals surface area (Å²) < 4.78 is 45.0. The summed E-state index contributed by atoms with van der Waals surface area (Å²) in [6.45, 7) is 2.27. The summed E-state index contributed by atoms with van der Waals surface area (Å²) in [6.07, 6.45) is -4.66. The molecule has 0 aromatic heterocycles. The van der Waals surface area contributed by atoms with Crippen molar-refractivity contribution in [2.75, 3.05) is 6.61 Å². The van der Waals surface area contributed by atoms with E-state index < -0.39 is 6.36 Å². The standard InChI is InChI=1S/C9H8F3IO2/c1-2-14-6-3-4-8(7(13)5-6)15-9(10,11)12/h3-5H,2H2,1H3. The Morgan fingerprint density at radius 1 is 1.33 bits per heavy atom. The highest BCUT2D eigenvalue weighted by molar-refractivity contribution is 14.1. The number of alkyl halides is 3. The van der Waals surface area contributed by atoms with Crippen LogP contribution in [0.15, 0.2) is 18.2 Å². The molecule has 0 saturated carbocycles. The summed E-state index contributed by atoms with van der Waals surface area (Å²) in [5, 5.41) is 0. The molecule has 0 radical (unpaired) electrons. The second-order valence-corrected chi connectivity index (χ2v) is 3.74. The van der Waals surface area contributed by atoms with Crippen molar-refractivity contribution < 1.29 is 22.6 Å². The van der Waals surface area contributed by atoms with Gasteiger partial charge in [-0.1, -0.05) is 0 Å². The van der Waals surface area contributed by atoms with E-state index in [9.17, 15) is 13.2 Å². The Hall–Kier alpha value is -0.660. The molecule has 6 heteroatoms. The molecule has 0 aliphatic rings. The van der Waals surface area contributed by atoms with Crippen LogP contribution in [0.4, 0.5) is 13.2 Å². The number of rotatable bonds is 3. The molecule has 0 aliphatic carbocycles. The van der Waals surface area contributed by atoms with E-state index in [0.717, 1.165) is 0 Å². The van der Waals surface area contributed by atoms with Gasteiger partial charge in [0.15, 0.2) is 0 Å². The normalized spacial score (nSPS) is 11.3. The molecule has 2 nitrogen and oxygen atoms in total. The molecule has 84 valence electrons. The van der Waals surface area contributed by atoms with Crippen molar-refractivity contribution in [3.8, 4) is 11.5 Å². The highest BCUT2D eigenvalue weighted by Crippen LogP contribution is 2.30. The van der Waals surface area contributed by atoms with E-state index in [4.69, 9.17) is 4.74 Å². The summed E-state index contributed by atoms with van der Waals surface area (Å²) in [6, 6.07) is 4.16. The highest BCUT2D eigenvalue weighted by atomic mass is 127. The Balaban J connectivity index is 2.84. The van der Waals surface area contributed by atoms with Gasteiger partial charge < -0.3 is 9.47 Å². The van der Waals surface area contributed by atoms with Gasteiger partial charge in [0.25, 0.3) is 0 Å². The Labute approximate surface area is 98.5 Å². The largest absolute Gasteiger partial charge is 0.573 e. The summed E-state index contributed by atoms with van der Waals surface area (Å²) in [5.74, 6) is 0.308. The third kappa shape index (κ3) is 4.15. The molecule has 15 heavy (non-hydrogen) atoms. The molecule has 0 heterocycles. The second kappa shape index (κ2) is 4.91. The SMILES string of the molecule is CCOc1ccc(OC(F)(F)F)c(I)c1. The monoisotopic (exact) mass is 332 g/mol. The van der Waals surface area contributed by atoms with Crippen LogP contribution in [-0.2, 0) is 0 Å². The van der Waals surface area contributed by atoms with Crippen molar-refractivity contribution in [3.05, 3.63) is 21.8 Å². The summed E-state index contributed by atoms with van der Waals surface area (Å²) >= 11 is 1.76. The molecule has 0 saturated heterocycles. The average molecular weight is 332 g/mol. The summed E-state index contributed by atoms with van der Waals surface area (Å²) in [4.78, 5) is 0. The van der Waals surface area contributed by atoms with Gasteiger partial charge in [-0.15, -0.1) is 13.2 Å². The third-order valence-electron chi connectivity index (χ3n) is 1.44. The van der Waals surface area contributed by atoms with E-state index >= 15 is 0 Å². The van der Waals surface area contributed by atoms with Gasteiger partial charge in [0.2, 0.25) is 0 Å². The van der Waals surface area contributed by atoms with Crippen molar-refractivity contribution in [1.29, 1.82) is 0 Å². The van der Waals surface area contributed by atoms with Gasteiger partial charge in [-0.05, 0) is 47.7 Å². The minimum Gasteiger partial charge on any atom is -0.494 e. The Morgan fingerprint density at radius 2 is 2.00 bits per heavy atom. The summed E-state index contributed by atoms with van der Waals surface area (Å²) in [5.41, 5.74) is 0. The maximum atomic E-state index is 11.9. The van der Waals surface area contributed by atoms with E-state index in [1.54, 1.807) is 29.5 Å². The number of halogens is 4. The van der Waals surface area contributed by atoms with Crippen molar-refractivity contribution in [2.45, 2.75) is 13.3 Å². The van der Waals surface area contributed by atoms with Crippen LogP contribution in [0.1, 0.15) is 6.92 Å². The van der Waals surface area contributed by atoms with Crippen LogP contribution >= 0.6 is 22.6 Å². The number of hydrogen-bond donors (Lipinski definition) is 0. The minimum atomic E-state index is -4.66. The minimum absolute atomic E-state index is 0.216. The Kier molecular flexibility index (Phi) is 4.06. The zero-order valence-electron chi connectivity index (χ0n) is 7.77. The quantitative estimate of drug-likeness (QED) is 0.788. The molecule has 0 aliphatic heterocycles. The molecule has 0 fully saturated rings. The lowest BCUT2D eigenvalue weighted by Crippen LogP contribution is -2.17. The Morgan fingerprint density at radius 3 is 2.47 bits per heavy atom. The van der Waals surface area contributed by atoms with E-state index in [0.29, 0.717) is 15.9 Å². The third-order valence-corrected chi connectivity index (χ3v) is 2.28. The first-order valence-electron chi connectivity index (χ1n) is 4.10. The fraction of sp³-hybridized carbons (Fsp3) is 0.333. The first-order valence-corrected chi connectivity index (χ1v) is 5.18. The van der Waals surface area contributed by atoms with E-state index in [1.165, 1.54) is 18.2 Å². The van der Waals surface area contributed by atoms with Crippen LogP contribution in [0.5, 0.6) is 11.5 Å².